The Bertz CT molecular complexity index is 84.5. The molecule has 0 aromatic rings. The van der Waals surface area contributed by atoms with Crippen LogP contribution in [0.4, 0.5) is 0 Å². The van der Waals surface area contributed by atoms with Gasteiger partial charge in [-0.25, -0.2) is 0 Å². The van der Waals surface area contributed by atoms with Crippen LogP contribution in [0.2, 0.25) is 0 Å². The van der Waals surface area contributed by atoms with E-state index in [4.69, 9.17) is 10.2 Å². The Labute approximate surface area is 49.1 Å². The van der Waals surface area contributed by atoms with Crippen LogP contribution in [0.3, 0.4) is 0 Å². The van der Waals surface area contributed by atoms with Gasteiger partial charge in [0.15, 0.2) is 0 Å². The van der Waals surface area contributed by atoms with Crippen molar-refractivity contribution in [2.75, 3.05) is 6.61 Å². The first-order valence-electron chi connectivity index (χ1n) is 2.95. The summed E-state index contributed by atoms with van der Waals surface area (Å²) in [6, 6.07) is 0. The maximum atomic E-state index is 8.80. The highest BCUT2D eigenvalue weighted by Gasteiger charge is 2.38. The molecular formula is C6H12O2. The van der Waals surface area contributed by atoms with Gasteiger partial charge in [-0.1, -0.05) is 6.92 Å². The molecule has 0 aromatic heterocycles. The van der Waals surface area contributed by atoms with E-state index in [2.05, 4.69) is 0 Å². The molecule has 1 aliphatic carbocycles. The SMILES string of the molecule is CC1(CO)CC(O)C1. The summed E-state index contributed by atoms with van der Waals surface area (Å²) in [6.07, 6.45) is 1.39. The lowest BCUT2D eigenvalue weighted by atomic mass is 9.69. The molecule has 1 aliphatic rings. The van der Waals surface area contributed by atoms with E-state index in [-0.39, 0.29) is 18.1 Å². The van der Waals surface area contributed by atoms with E-state index in [1.54, 1.807) is 0 Å². The molecule has 1 fully saturated rings. The zero-order valence-electron chi connectivity index (χ0n) is 5.09. The zero-order chi connectivity index (χ0) is 6.20. The van der Waals surface area contributed by atoms with Gasteiger partial charge in [-0.05, 0) is 18.3 Å². The first kappa shape index (κ1) is 6.05. The molecule has 8 heavy (non-hydrogen) atoms. The fourth-order valence-electron chi connectivity index (χ4n) is 1.21. The van der Waals surface area contributed by atoms with Gasteiger partial charge in [0.25, 0.3) is 0 Å². The van der Waals surface area contributed by atoms with Gasteiger partial charge in [0.05, 0.1) is 6.10 Å². The minimum atomic E-state index is -0.146. The third kappa shape index (κ3) is 0.858. The average molecular weight is 116 g/mol. The first-order chi connectivity index (χ1) is 3.66. The molecule has 0 atom stereocenters. The van der Waals surface area contributed by atoms with Crippen LogP contribution in [0.25, 0.3) is 0 Å². The number of rotatable bonds is 1. The Balaban J connectivity index is 2.30. The van der Waals surface area contributed by atoms with E-state index in [0.717, 1.165) is 12.8 Å². The van der Waals surface area contributed by atoms with Gasteiger partial charge in [-0.3, -0.25) is 0 Å². The number of hydrogen-bond acceptors (Lipinski definition) is 2. The highest BCUT2D eigenvalue weighted by Crippen LogP contribution is 2.39. The van der Waals surface area contributed by atoms with E-state index >= 15 is 0 Å². The van der Waals surface area contributed by atoms with Gasteiger partial charge in [-0.15, -0.1) is 0 Å². The van der Waals surface area contributed by atoms with E-state index < -0.39 is 0 Å². The molecule has 0 unspecified atom stereocenters. The van der Waals surface area contributed by atoms with Crippen molar-refractivity contribution in [3.63, 3.8) is 0 Å². The summed E-state index contributed by atoms with van der Waals surface area (Å²) in [5.74, 6) is 0. The second kappa shape index (κ2) is 1.71. The minimum Gasteiger partial charge on any atom is -0.396 e. The minimum absolute atomic E-state index is 0.0411. The number of aliphatic hydroxyl groups excluding tert-OH is 2. The molecule has 0 spiro atoms. The van der Waals surface area contributed by atoms with Crippen molar-refractivity contribution < 1.29 is 10.2 Å². The molecule has 0 heterocycles. The maximum absolute atomic E-state index is 8.80. The third-order valence-corrected chi connectivity index (χ3v) is 1.84. The Morgan fingerprint density at radius 3 is 2.25 bits per heavy atom. The van der Waals surface area contributed by atoms with Crippen LogP contribution in [-0.2, 0) is 0 Å². The predicted octanol–water partition coefficient (Wildman–Crippen LogP) is 0.140. The molecule has 1 rings (SSSR count). The summed E-state index contributed by atoms with van der Waals surface area (Å²) in [6.45, 7) is 2.20. The molecule has 0 aromatic carbocycles. The van der Waals surface area contributed by atoms with Crippen LogP contribution in [0.1, 0.15) is 19.8 Å². The zero-order valence-corrected chi connectivity index (χ0v) is 5.09. The number of hydrogen-bond donors (Lipinski definition) is 2. The van der Waals surface area contributed by atoms with E-state index in [1.807, 2.05) is 6.92 Å². The van der Waals surface area contributed by atoms with E-state index in [9.17, 15) is 0 Å². The third-order valence-electron chi connectivity index (χ3n) is 1.84. The summed E-state index contributed by atoms with van der Waals surface area (Å²) in [5.41, 5.74) is 0.0411. The smallest absolute Gasteiger partial charge is 0.0552 e. The largest absolute Gasteiger partial charge is 0.396 e. The van der Waals surface area contributed by atoms with Crippen molar-refractivity contribution in [3.05, 3.63) is 0 Å². The molecule has 48 valence electrons. The highest BCUT2D eigenvalue weighted by atomic mass is 16.3. The Morgan fingerprint density at radius 1 is 1.62 bits per heavy atom. The second-order valence-electron chi connectivity index (χ2n) is 3.03. The van der Waals surface area contributed by atoms with Crippen LogP contribution < -0.4 is 0 Å². The van der Waals surface area contributed by atoms with Crippen LogP contribution in [0.5, 0.6) is 0 Å². The van der Waals surface area contributed by atoms with Crippen molar-refractivity contribution >= 4 is 0 Å². The fourth-order valence-corrected chi connectivity index (χ4v) is 1.21. The lowest BCUT2D eigenvalue weighted by Crippen LogP contribution is -2.40. The molecule has 2 nitrogen and oxygen atoms in total. The van der Waals surface area contributed by atoms with Gasteiger partial charge in [-0.2, -0.15) is 0 Å². The Morgan fingerprint density at radius 2 is 2.12 bits per heavy atom. The first-order valence-corrected chi connectivity index (χ1v) is 2.95. The van der Waals surface area contributed by atoms with Crippen LogP contribution >= 0.6 is 0 Å². The lowest BCUT2D eigenvalue weighted by Gasteiger charge is -2.40. The van der Waals surface area contributed by atoms with Gasteiger partial charge < -0.3 is 10.2 Å². The predicted molar refractivity (Wildman–Crippen MR) is 30.4 cm³/mol. The van der Waals surface area contributed by atoms with Gasteiger partial charge >= 0.3 is 0 Å². The molecule has 2 heteroatoms. The monoisotopic (exact) mass is 116 g/mol. The molecule has 0 radical (unpaired) electrons. The van der Waals surface area contributed by atoms with Crippen molar-refractivity contribution in [2.24, 2.45) is 5.41 Å². The van der Waals surface area contributed by atoms with Gasteiger partial charge in [0.2, 0.25) is 0 Å². The summed E-state index contributed by atoms with van der Waals surface area (Å²) < 4.78 is 0. The van der Waals surface area contributed by atoms with E-state index in [0.29, 0.717) is 0 Å². The molecular weight excluding hydrogens is 104 g/mol. The molecule has 0 aliphatic heterocycles. The normalized spacial score (nSPS) is 46.1. The van der Waals surface area contributed by atoms with Crippen LogP contribution in [0.15, 0.2) is 0 Å². The number of aliphatic hydroxyl groups is 2. The topological polar surface area (TPSA) is 40.5 Å². The molecule has 2 N–H and O–H groups in total. The molecule has 0 bridgehead atoms. The summed E-state index contributed by atoms with van der Waals surface area (Å²) >= 11 is 0. The maximum Gasteiger partial charge on any atom is 0.0552 e. The highest BCUT2D eigenvalue weighted by molar-refractivity contribution is 4.89. The summed E-state index contributed by atoms with van der Waals surface area (Å²) in [4.78, 5) is 0. The van der Waals surface area contributed by atoms with Crippen LogP contribution in [-0.4, -0.2) is 22.9 Å². The van der Waals surface area contributed by atoms with Gasteiger partial charge in [0, 0.05) is 6.61 Å². The quantitative estimate of drug-likeness (QED) is 0.511. The van der Waals surface area contributed by atoms with Crippen LogP contribution in [0, 0.1) is 5.41 Å². The fraction of sp³-hybridized carbons (Fsp3) is 1.00. The summed E-state index contributed by atoms with van der Waals surface area (Å²) in [5, 5.41) is 17.5. The summed E-state index contributed by atoms with van der Waals surface area (Å²) in [7, 11) is 0. The Kier molecular flexibility index (Phi) is 1.29. The molecule has 0 amide bonds. The average Bonchev–Trinajstić information content (AvgIpc) is 1.63. The molecule has 1 saturated carbocycles. The van der Waals surface area contributed by atoms with Crippen molar-refractivity contribution in [2.45, 2.75) is 25.9 Å². The standard InChI is InChI=1S/C6H12O2/c1-6(4-7)2-5(8)3-6/h5,7-8H,2-4H2,1H3. The van der Waals surface area contributed by atoms with Gasteiger partial charge in [0.1, 0.15) is 0 Å². The second-order valence-corrected chi connectivity index (χ2v) is 3.03. The van der Waals surface area contributed by atoms with E-state index in [1.165, 1.54) is 0 Å². The van der Waals surface area contributed by atoms with Crippen molar-refractivity contribution in [1.29, 1.82) is 0 Å². The van der Waals surface area contributed by atoms with Crippen molar-refractivity contribution in [3.8, 4) is 0 Å². The Hall–Kier alpha value is -0.0800. The lowest BCUT2D eigenvalue weighted by molar-refractivity contribution is -0.0516. The van der Waals surface area contributed by atoms with Crippen molar-refractivity contribution in [1.82, 2.24) is 0 Å². The molecule has 0 saturated heterocycles.